The van der Waals surface area contributed by atoms with Gasteiger partial charge in [-0.2, -0.15) is 0 Å². The molecule has 0 heterocycles. The highest BCUT2D eigenvalue weighted by atomic mass is 16.5. The maximum atomic E-state index is 9.04. The second-order valence-electron chi connectivity index (χ2n) is 4.55. The van der Waals surface area contributed by atoms with Crippen molar-refractivity contribution in [2.75, 3.05) is 13.7 Å². The molecule has 0 aromatic heterocycles. The number of nitrogens with two attached hydrogens (primary N) is 1. The number of aliphatic hydroxyl groups excluding tert-OH is 1. The van der Waals surface area contributed by atoms with Crippen LogP contribution in [0.25, 0.3) is 0 Å². The molecule has 1 aromatic carbocycles. The molecule has 16 heavy (non-hydrogen) atoms. The van der Waals surface area contributed by atoms with Crippen molar-refractivity contribution < 1.29 is 9.84 Å². The van der Waals surface area contributed by atoms with E-state index in [1.54, 1.807) is 7.11 Å². The number of aryl methyl sites for hydroxylation is 2. The van der Waals surface area contributed by atoms with Crippen LogP contribution < -0.4 is 10.5 Å². The molecular weight excluding hydrogens is 202 g/mol. The van der Waals surface area contributed by atoms with Gasteiger partial charge in [0.2, 0.25) is 0 Å². The van der Waals surface area contributed by atoms with Crippen molar-refractivity contribution in [2.24, 2.45) is 5.73 Å². The van der Waals surface area contributed by atoms with Crippen molar-refractivity contribution in [3.8, 4) is 5.75 Å². The van der Waals surface area contributed by atoms with Gasteiger partial charge < -0.3 is 15.6 Å². The third-order valence-corrected chi connectivity index (χ3v) is 2.87. The lowest BCUT2D eigenvalue weighted by molar-refractivity contribution is 0.244. The molecule has 3 N–H and O–H groups in total. The lowest BCUT2D eigenvalue weighted by Gasteiger charge is -2.27. The van der Waals surface area contributed by atoms with E-state index in [0.29, 0.717) is 6.42 Å². The molecule has 0 aliphatic carbocycles. The minimum Gasteiger partial charge on any atom is -0.496 e. The number of hydrogen-bond acceptors (Lipinski definition) is 3. The van der Waals surface area contributed by atoms with Crippen LogP contribution in [-0.2, 0) is 5.54 Å². The van der Waals surface area contributed by atoms with E-state index in [1.807, 2.05) is 26.8 Å². The average Bonchev–Trinajstić information content (AvgIpc) is 2.16. The standard InChI is InChI=1S/C13H21NO2/c1-9-7-10(2)12(16-4)11(8-9)13(3,14)5-6-15/h7-8,15H,5-6,14H2,1-4H3. The van der Waals surface area contributed by atoms with Crippen LogP contribution in [0.4, 0.5) is 0 Å². The molecule has 90 valence electrons. The van der Waals surface area contributed by atoms with Crippen LogP contribution >= 0.6 is 0 Å². The van der Waals surface area contributed by atoms with Crippen LogP contribution in [0.2, 0.25) is 0 Å². The minimum atomic E-state index is -0.559. The van der Waals surface area contributed by atoms with Crippen LogP contribution in [0.15, 0.2) is 12.1 Å². The van der Waals surface area contributed by atoms with Gasteiger partial charge in [0, 0.05) is 17.7 Å². The molecule has 0 fully saturated rings. The quantitative estimate of drug-likeness (QED) is 0.819. The fourth-order valence-electron chi connectivity index (χ4n) is 2.02. The van der Waals surface area contributed by atoms with Gasteiger partial charge in [0.05, 0.1) is 7.11 Å². The monoisotopic (exact) mass is 223 g/mol. The summed E-state index contributed by atoms with van der Waals surface area (Å²) in [5.74, 6) is 0.823. The van der Waals surface area contributed by atoms with Crippen molar-refractivity contribution in [3.63, 3.8) is 0 Å². The second-order valence-corrected chi connectivity index (χ2v) is 4.55. The predicted octanol–water partition coefficient (Wildman–Crippen LogP) is 1.87. The first-order valence-corrected chi connectivity index (χ1v) is 5.48. The summed E-state index contributed by atoms with van der Waals surface area (Å²) in [6.45, 7) is 6.03. The van der Waals surface area contributed by atoms with Gasteiger partial charge >= 0.3 is 0 Å². The summed E-state index contributed by atoms with van der Waals surface area (Å²) in [6.07, 6.45) is 0.520. The molecule has 1 unspecified atom stereocenters. The highest BCUT2D eigenvalue weighted by Gasteiger charge is 2.25. The molecule has 0 amide bonds. The summed E-state index contributed by atoms with van der Waals surface area (Å²) >= 11 is 0. The number of methoxy groups -OCH3 is 1. The highest BCUT2D eigenvalue weighted by Crippen LogP contribution is 2.33. The molecule has 0 aliphatic heterocycles. The molecule has 3 nitrogen and oxygen atoms in total. The van der Waals surface area contributed by atoms with Gasteiger partial charge in [-0.3, -0.25) is 0 Å². The number of rotatable bonds is 4. The zero-order valence-corrected chi connectivity index (χ0v) is 10.5. The van der Waals surface area contributed by atoms with E-state index in [2.05, 4.69) is 6.07 Å². The minimum absolute atomic E-state index is 0.0726. The molecule has 0 radical (unpaired) electrons. The predicted molar refractivity (Wildman–Crippen MR) is 65.7 cm³/mol. The van der Waals surface area contributed by atoms with Crippen LogP contribution in [0.3, 0.4) is 0 Å². The summed E-state index contributed by atoms with van der Waals surface area (Å²) in [6, 6.07) is 4.10. The van der Waals surface area contributed by atoms with Gasteiger partial charge in [-0.25, -0.2) is 0 Å². The van der Waals surface area contributed by atoms with Gasteiger partial charge in [0.15, 0.2) is 0 Å². The molecule has 0 saturated carbocycles. The Morgan fingerprint density at radius 2 is 2.00 bits per heavy atom. The molecule has 1 aromatic rings. The van der Waals surface area contributed by atoms with Gasteiger partial charge in [-0.1, -0.05) is 17.7 Å². The molecule has 3 heteroatoms. The van der Waals surface area contributed by atoms with Gasteiger partial charge in [-0.05, 0) is 32.8 Å². The lowest BCUT2D eigenvalue weighted by atomic mass is 9.87. The Bertz CT molecular complexity index is 372. The third kappa shape index (κ3) is 2.54. The first kappa shape index (κ1) is 13.0. The fraction of sp³-hybridized carbons (Fsp3) is 0.538. The highest BCUT2D eigenvalue weighted by molar-refractivity contribution is 5.47. The van der Waals surface area contributed by atoms with Crippen molar-refractivity contribution in [1.82, 2.24) is 0 Å². The SMILES string of the molecule is COc1c(C)cc(C)cc1C(C)(N)CCO. The molecular formula is C13H21NO2. The van der Waals surface area contributed by atoms with E-state index in [0.717, 1.165) is 22.4 Å². The van der Waals surface area contributed by atoms with E-state index in [4.69, 9.17) is 15.6 Å². The maximum Gasteiger partial charge on any atom is 0.126 e. The lowest BCUT2D eigenvalue weighted by Crippen LogP contribution is -2.34. The Morgan fingerprint density at radius 1 is 1.38 bits per heavy atom. The second kappa shape index (κ2) is 4.85. The third-order valence-electron chi connectivity index (χ3n) is 2.87. The zero-order chi connectivity index (χ0) is 12.3. The van der Waals surface area contributed by atoms with Crippen molar-refractivity contribution >= 4 is 0 Å². The molecule has 0 bridgehead atoms. The van der Waals surface area contributed by atoms with E-state index in [9.17, 15) is 0 Å². The van der Waals surface area contributed by atoms with E-state index in [1.165, 1.54) is 0 Å². The molecule has 0 aliphatic rings. The Hall–Kier alpha value is -1.06. The van der Waals surface area contributed by atoms with Crippen LogP contribution in [0.1, 0.15) is 30.0 Å². The number of aliphatic hydroxyl groups is 1. The summed E-state index contributed by atoms with van der Waals surface area (Å²) in [4.78, 5) is 0. The van der Waals surface area contributed by atoms with Gasteiger partial charge in [-0.15, -0.1) is 0 Å². The molecule has 0 saturated heterocycles. The van der Waals surface area contributed by atoms with Crippen molar-refractivity contribution in [2.45, 2.75) is 32.7 Å². The smallest absolute Gasteiger partial charge is 0.126 e. The summed E-state index contributed by atoms with van der Waals surface area (Å²) in [5.41, 5.74) is 8.86. The largest absolute Gasteiger partial charge is 0.496 e. The Labute approximate surface area is 97.2 Å². The number of ether oxygens (including phenoxy) is 1. The summed E-state index contributed by atoms with van der Waals surface area (Å²) in [7, 11) is 1.65. The molecule has 1 rings (SSSR count). The normalized spacial score (nSPS) is 14.6. The number of hydrogen-bond donors (Lipinski definition) is 2. The Morgan fingerprint density at radius 3 is 2.50 bits per heavy atom. The average molecular weight is 223 g/mol. The molecule has 0 spiro atoms. The Kier molecular flexibility index (Phi) is 3.94. The fourth-order valence-corrected chi connectivity index (χ4v) is 2.02. The van der Waals surface area contributed by atoms with Gasteiger partial charge in [0.1, 0.15) is 5.75 Å². The Balaban J connectivity index is 3.30. The van der Waals surface area contributed by atoms with E-state index >= 15 is 0 Å². The topological polar surface area (TPSA) is 55.5 Å². The first-order chi connectivity index (χ1) is 7.42. The van der Waals surface area contributed by atoms with Crippen molar-refractivity contribution in [1.29, 1.82) is 0 Å². The maximum absolute atomic E-state index is 9.04. The molecule has 1 atom stereocenters. The zero-order valence-electron chi connectivity index (χ0n) is 10.5. The summed E-state index contributed by atoms with van der Waals surface area (Å²) < 4.78 is 5.40. The van der Waals surface area contributed by atoms with Crippen LogP contribution in [-0.4, -0.2) is 18.8 Å². The van der Waals surface area contributed by atoms with Crippen molar-refractivity contribution in [3.05, 3.63) is 28.8 Å². The summed E-state index contributed by atoms with van der Waals surface area (Å²) in [5, 5.41) is 9.04. The van der Waals surface area contributed by atoms with Gasteiger partial charge in [0.25, 0.3) is 0 Å². The van der Waals surface area contributed by atoms with Crippen LogP contribution in [0.5, 0.6) is 5.75 Å². The number of benzene rings is 1. The van der Waals surface area contributed by atoms with E-state index in [-0.39, 0.29) is 6.61 Å². The van der Waals surface area contributed by atoms with Crippen LogP contribution in [0, 0.1) is 13.8 Å². The first-order valence-electron chi connectivity index (χ1n) is 5.48. The van der Waals surface area contributed by atoms with E-state index < -0.39 is 5.54 Å².